The quantitative estimate of drug-likeness (QED) is 0.864. The van der Waals surface area contributed by atoms with Crippen molar-refractivity contribution in [1.29, 1.82) is 0 Å². The first-order valence-corrected chi connectivity index (χ1v) is 6.75. The van der Waals surface area contributed by atoms with Gasteiger partial charge in [-0.1, -0.05) is 49.4 Å². The molecule has 0 aromatic heterocycles. The van der Waals surface area contributed by atoms with Gasteiger partial charge < -0.3 is 5.73 Å². The van der Waals surface area contributed by atoms with Crippen LogP contribution in [0.1, 0.15) is 30.4 Å². The van der Waals surface area contributed by atoms with Gasteiger partial charge in [0.1, 0.15) is 5.82 Å². The zero-order chi connectivity index (χ0) is 13.7. The first-order valence-electron chi connectivity index (χ1n) is 6.75. The van der Waals surface area contributed by atoms with Crippen LogP contribution in [0.25, 0.3) is 0 Å². The van der Waals surface area contributed by atoms with Crippen molar-refractivity contribution < 1.29 is 4.39 Å². The minimum Gasteiger partial charge on any atom is -0.327 e. The molecule has 2 atom stereocenters. The third kappa shape index (κ3) is 3.65. The van der Waals surface area contributed by atoms with Gasteiger partial charge in [0.15, 0.2) is 0 Å². The van der Waals surface area contributed by atoms with Crippen LogP contribution in [0, 0.1) is 5.82 Å². The lowest BCUT2D eigenvalue weighted by Crippen LogP contribution is -2.30. The molecule has 2 aromatic rings. The predicted molar refractivity (Wildman–Crippen MR) is 77.6 cm³/mol. The van der Waals surface area contributed by atoms with E-state index in [1.807, 2.05) is 24.3 Å². The van der Waals surface area contributed by atoms with Gasteiger partial charge in [0.05, 0.1) is 0 Å². The van der Waals surface area contributed by atoms with Gasteiger partial charge in [-0.2, -0.15) is 0 Å². The highest BCUT2D eigenvalue weighted by atomic mass is 19.1. The Balaban J connectivity index is 2.11. The van der Waals surface area contributed by atoms with E-state index in [1.54, 1.807) is 12.1 Å². The summed E-state index contributed by atoms with van der Waals surface area (Å²) < 4.78 is 13.2. The Bertz CT molecular complexity index is 510. The van der Waals surface area contributed by atoms with Gasteiger partial charge >= 0.3 is 0 Å². The Hall–Kier alpha value is -1.67. The van der Waals surface area contributed by atoms with Crippen LogP contribution < -0.4 is 5.73 Å². The van der Waals surface area contributed by atoms with E-state index in [0.29, 0.717) is 12.3 Å². The van der Waals surface area contributed by atoms with Gasteiger partial charge in [-0.15, -0.1) is 0 Å². The highest BCUT2D eigenvalue weighted by molar-refractivity contribution is 5.23. The van der Waals surface area contributed by atoms with Crippen LogP contribution in [0.3, 0.4) is 0 Å². The molecule has 100 valence electrons. The fraction of sp³-hybridized carbons (Fsp3) is 0.294. The molecule has 0 heterocycles. The van der Waals surface area contributed by atoms with Crippen LogP contribution in [0.5, 0.6) is 0 Å². The second-order valence-corrected chi connectivity index (χ2v) is 4.92. The molecule has 0 aliphatic carbocycles. The minimum absolute atomic E-state index is 0.00852. The maximum Gasteiger partial charge on any atom is 0.123 e. The average molecular weight is 257 g/mol. The SMILES string of the molecule is CCC(c1ccccc1)C(N)Cc1cccc(F)c1. The number of hydrogen-bond acceptors (Lipinski definition) is 1. The Morgan fingerprint density at radius 2 is 1.79 bits per heavy atom. The fourth-order valence-electron chi connectivity index (χ4n) is 2.56. The largest absolute Gasteiger partial charge is 0.327 e. The molecule has 2 unspecified atom stereocenters. The van der Waals surface area contributed by atoms with Crippen LogP contribution in [-0.2, 0) is 6.42 Å². The molecule has 0 bridgehead atoms. The van der Waals surface area contributed by atoms with Crippen molar-refractivity contribution in [3.63, 3.8) is 0 Å². The highest BCUT2D eigenvalue weighted by Crippen LogP contribution is 2.24. The van der Waals surface area contributed by atoms with Crippen LogP contribution in [-0.4, -0.2) is 6.04 Å². The Morgan fingerprint density at radius 1 is 1.05 bits per heavy atom. The third-order valence-electron chi connectivity index (χ3n) is 3.54. The van der Waals surface area contributed by atoms with Crippen molar-refractivity contribution in [2.75, 3.05) is 0 Å². The number of halogens is 1. The molecule has 19 heavy (non-hydrogen) atoms. The summed E-state index contributed by atoms with van der Waals surface area (Å²) in [6, 6.07) is 17.0. The summed E-state index contributed by atoms with van der Waals surface area (Å²) in [4.78, 5) is 0. The van der Waals surface area contributed by atoms with Crippen molar-refractivity contribution in [2.24, 2.45) is 5.73 Å². The van der Waals surface area contributed by atoms with Gasteiger partial charge in [0, 0.05) is 6.04 Å². The Morgan fingerprint density at radius 3 is 2.42 bits per heavy atom. The smallest absolute Gasteiger partial charge is 0.123 e. The van der Waals surface area contributed by atoms with E-state index in [-0.39, 0.29) is 11.9 Å². The van der Waals surface area contributed by atoms with Crippen LogP contribution >= 0.6 is 0 Å². The van der Waals surface area contributed by atoms with E-state index < -0.39 is 0 Å². The number of rotatable bonds is 5. The molecule has 0 aliphatic heterocycles. The van der Waals surface area contributed by atoms with Crippen molar-refractivity contribution in [1.82, 2.24) is 0 Å². The number of hydrogen-bond donors (Lipinski definition) is 1. The van der Waals surface area contributed by atoms with Gasteiger partial charge in [0.25, 0.3) is 0 Å². The van der Waals surface area contributed by atoms with Crippen LogP contribution in [0.2, 0.25) is 0 Å². The molecular formula is C17H20FN. The molecule has 0 radical (unpaired) electrons. The standard InChI is InChI=1S/C17H20FN/c1-2-16(14-8-4-3-5-9-14)17(19)12-13-7-6-10-15(18)11-13/h3-11,16-17H,2,12,19H2,1H3. The lowest BCUT2D eigenvalue weighted by Gasteiger charge is -2.23. The average Bonchev–Trinajstić information content (AvgIpc) is 2.41. The maximum absolute atomic E-state index is 13.2. The van der Waals surface area contributed by atoms with Gasteiger partial charge in [-0.25, -0.2) is 4.39 Å². The highest BCUT2D eigenvalue weighted by Gasteiger charge is 2.18. The van der Waals surface area contributed by atoms with E-state index in [1.165, 1.54) is 11.6 Å². The molecule has 0 saturated heterocycles. The summed E-state index contributed by atoms with van der Waals surface area (Å²) in [5.74, 6) is 0.113. The summed E-state index contributed by atoms with van der Waals surface area (Å²) in [7, 11) is 0. The second-order valence-electron chi connectivity index (χ2n) is 4.92. The van der Waals surface area contributed by atoms with E-state index in [4.69, 9.17) is 5.73 Å². The second kappa shape index (κ2) is 6.48. The summed E-state index contributed by atoms with van der Waals surface area (Å²) >= 11 is 0. The Labute approximate surface area is 114 Å². The fourth-order valence-corrected chi connectivity index (χ4v) is 2.56. The van der Waals surface area contributed by atoms with Gasteiger partial charge in [0.2, 0.25) is 0 Å². The summed E-state index contributed by atoms with van der Waals surface area (Å²) in [5.41, 5.74) is 8.54. The summed E-state index contributed by atoms with van der Waals surface area (Å²) in [6.45, 7) is 2.14. The van der Waals surface area contributed by atoms with Crippen LogP contribution in [0.4, 0.5) is 4.39 Å². The molecule has 2 heteroatoms. The molecule has 0 aliphatic rings. The van der Waals surface area contributed by atoms with E-state index in [9.17, 15) is 4.39 Å². The lowest BCUT2D eigenvalue weighted by atomic mass is 9.86. The first-order chi connectivity index (χ1) is 9.20. The van der Waals surface area contributed by atoms with Crippen LogP contribution in [0.15, 0.2) is 54.6 Å². The van der Waals surface area contributed by atoms with E-state index in [0.717, 1.165) is 12.0 Å². The van der Waals surface area contributed by atoms with Crippen molar-refractivity contribution in [3.8, 4) is 0 Å². The molecule has 2 aromatic carbocycles. The minimum atomic E-state index is -0.197. The van der Waals surface area contributed by atoms with Gasteiger partial charge in [-0.3, -0.25) is 0 Å². The molecular weight excluding hydrogens is 237 g/mol. The molecule has 2 N–H and O–H groups in total. The summed E-state index contributed by atoms with van der Waals surface area (Å²) in [6.07, 6.45) is 1.69. The predicted octanol–water partition coefficient (Wildman–Crippen LogP) is 3.89. The molecule has 0 spiro atoms. The number of benzene rings is 2. The number of nitrogens with two attached hydrogens (primary N) is 1. The molecule has 1 nitrogen and oxygen atoms in total. The monoisotopic (exact) mass is 257 g/mol. The zero-order valence-electron chi connectivity index (χ0n) is 11.2. The van der Waals surface area contributed by atoms with Gasteiger partial charge in [-0.05, 0) is 42.0 Å². The van der Waals surface area contributed by atoms with E-state index >= 15 is 0 Å². The molecule has 2 rings (SSSR count). The molecule has 0 fully saturated rings. The van der Waals surface area contributed by atoms with Crippen molar-refractivity contribution in [2.45, 2.75) is 31.7 Å². The maximum atomic E-state index is 13.2. The van der Waals surface area contributed by atoms with E-state index in [2.05, 4.69) is 19.1 Å². The topological polar surface area (TPSA) is 26.0 Å². The third-order valence-corrected chi connectivity index (χ3v) is 3.54. The molecule has 0 saturated carbocycles. The summed E-state index contributed by atoms with van der Waals surface area (Å²) in [5, 5.41) is 0. The van der Waals surface area contributed by atoms with Crippen molar-refractivity contribution in [3.05, 3.63) is 71.5 Å². The first kappa shape index (κ1) is 13.8. The zero-order valence-corrected chi connectivity index (χ0v) is 11.2. The lowest BCUT2D eigenvalue weighted by molar-refractivity contribution is 0.513. The Kier molecular flexibility index (Phi) is 4.69. The van der Waals surface area contributed by atoms with Crippen molar-refractivity contribution >= 4 is 0 Å². The molecule has 0 amide bonds. The normalized spacial score (nSPS) is 14.1.